The molecule has 0 bridgehead atoms. The molecule has 5 rings (SSSR count). The van der Waals surface area contributed by atoms with Gasteiger partial charge in [0.15, 0.2) is 0 Å². The number of aryl methyl sites for hydroxylation is 4. The largest absolute Gasteiger partial charge is 0.411 e. The Labute approximate surface area is 247 Å². The van der Waals surface area contributed by atoms with Crippen LogP contribution in [0, 0.1) is 13.8 Å². The van der Waals surface area contributed by atoms with Crippen molar-refractivity contribution in [2.45, 2.75) is 44.5 Å². The SMILES string of the molecule is Cc1ccc(-c2ccc(-c3ccc(CCc4ccc(C(c5ccc(C)cc5)(C(F)(F)F)C(F)(F)F)cc4)cc3)cc2)cc1. The maximum absolute atomic E-state index is 14.4. The highest BCUT2D eigenvalue weighted by molar-refractivity contribution is 5.70. The first-order chi connectivity index (χ1) is 20.4. The molecular formula is C37H30F6. The third-order valence-corrected chi connectivity index (χ3v) is 7.98. The van der Waals surface area contributed by atoms with E-state index in [0.29, 0.717) is 24.0 Å². The summed E-state index contributed by atoms with van der Waals surface area (Å²) in [5, 5.41) is 0. The van der Waals surface area contributed by atoms with Gasteiger partial charge < -0.3 is 0 Å². The van der Waals surface area contributed by atoms with E-state index in [2.05, 4.69) is 55.5 Å². The zero-order chi connectivity index (χ0) is 30.8. The minimum atomic E-state index is -5.59. The van der Waals surface area contributed by atoms with E-state index < -0.39 is 28.9 Å². The Bertz CT molecular complexity index is 1630. The van der Waals surface area contributed by atoms with Crippen LogP contribution in [0.2, 0.25) is 0 Å². The zero-order valence-corrected chi connectivity index (χ0v) is 23.7. The van der Waals surface area contributed by atoms with E-state index >= 15 is 0 Å². The van der Waals surface area contributed by atoms with Gasteiger partial charge in [-0.05, 0) is 71.2 Å². The highest BCUT2D eigenvalue weighted by atomic mass is 19.4. The highest BCUT2D eigenvalue weighted by Gasteiger charge is 2.72. The molecule has 6 heteroatoms. The number of benzene rings is 5. The smallest absolute Gasteiger partial charge is 0.169 e. The fourth-order valence-corrected chi connectivity index (χ4v) is 5.46. The maximum atomic E-state index is 14.4. The van der Waals surface area contributed by atoms with Gasteiger partial charge in [-0.1, -0.05) is 132 Å². The van der Waals surface area contributed by atoms with Crippen molar-refractivity contribution in [1.29, 1.82) is 0 Å². The Morgan fingerprint density at radius 3 is 0.977 bits per heavy atom. The van der Waals surface area contributed by atoms with Crippen molar-refractivity contribution in [2.24, 2.45) is 0 Å². The molecule has 0 aromatic heterocycles. The normalized spacial score (nSPS) is 12.4. The van der Waals surface area contributed by atoms with Crippen molar-refractivity contribution in [3.8, 4) is 22.3 Å². The van der Waals surface area contributed by atoms with E-state index in [1.165, 1.54) is 29.8 Å². The molecule has 0 spiro atoms. The molecule has 0 saturated heterocycles. The van der Waals surface area contributed by atoms with Crippen molar-refractivity contribution in [2.75, 3.05) is 0 Å². The molecule has 0 fully saturated rings. The van der Waals surface area contributed by atoms with Crippen LogP contribution in [0.25, 0.3) is 22.3 Å². The third-order valence-electron chi connectivity index (χ3n) is 7.98. The molecule has 5 aromatic carbocycles. The van der Waals surface area contributed by atoms with Gasteiger partial charge in [0.05, 0.1) is 0 Å². The molecule has 0 aliphatic rings. The number of hydrogen-bond donors (Lipinski definition) is 0. The van der Waals surface area contributed by atoms with E-state index in [9.17, 15) is 26.3 Å². The molecule has 220 valence electrons. The monoisotopic (exact) mass is 588 g/mol. The number of halogens is 6. The Balaban J connectivity index is 1.30. The van der Waals surface area contributed by atoms with Crippen LogP contribution in [0.3, 0.4) is 0 Å². The van der Waals surface area contributed by atoms with Crippen LogP contribution < -0.4 is 0 Å². The van der Waals surface area contributed by atoms with Gasteiger partial charge >= 0.3 is 12.4 Å². The molecule has 0 heterocycles. The first kappa shape index (κ1) is 30.1. The van der Waals surface area contributed by atoms with Crippen molar-refractivity contribution >= 4 is 0 Å². The first-order valence-electron chi connectivity index (χ1n) is 13.9. The summed E-state index contributed by atoms with van der Waals surface area (Å²) in [7, 11) is 0. The van der Waals surface area contributed by atoms with Crippen LogP contribution in [-0.4, -0.2) is 12.4 Å². The second-order valence-corrected chi connectivity index (χ2v) is 10.9. The van der Waals surface area contributed by atoms with Gasteiger partial charge in [0.1, 0.15) is 0 Å². The lowest BCUT2D eigenvalue weighted by Crippen LogP contribution is -2.54. The van der Waals surface area contributed by atoms with Crippen LogP contribution in [0.5, 0.6) is 0 Å². The van der Waals surface area contributed by atoms with Gasteiger partial charge in [-0.2, -0.15) is 26.3 Å². The minimum absolute atomic E-state index is 0.473. The van der Waals surface area contributed by atoms with Crippen LogP contribution in [0.4, 0.5) is 26.3 Å². The van der Waals surface area contributed by atoms with Crippen molar-refractivity contribution in [1.82, 2.24) is 0 Å². The highest BCUT2D eigenvalue weighted by Crippen LogP contribution is 2.56. The molecule has 0 nitrogen and oxygen atoms in total. The Morgan fingerprint density at radius 2 is 0.628 bits per heavy atom. The number of rotatable bonds is 7. The zero-order valence-electron chi connectivity index (χ0n) is 23.7. The predicted molar refractivity (Wildman–Crippen MR) is 160 cm³/mol. The predicted octanol–water partition coefficient (Wildman–Crippen LogP) is 10.8. The molecular weight excluding hydrogens is 558 g/mol. The number of hydrogen-bond acceptors (Lipinski definition) is 0. The summed E-state index contributed by atoms with van der Waals surface area (Å²) in [6.07, 6.45) is -10.1. The molecule has 43 heavy (non-hydrogen) atoms. The van der Waals surface area contributed by atoms with Gasteiger partial charge in [-0.25, -0.2) is 0 Å². The van der Waals surface area contributed by atoms with Gasteiger partial charge in [0.25, 0.3) is 0 Å². The summed E-state index contributed by atoms with van der Waals surface area (Å²) in [4.78, 5) is 0. The van der Waals surface area contributed by atoms with Gasteiger partial charge in [-0.3, -0.25) is 0 Å². The summed E-state index contributed by atoms with van der Waals surface area (Å²) in [5.41, 5.74) is 2.03. The standard InChI is InChI=1S/C37H30F6/c1-25-3-13-29(14-4-25)31-17-19-32(20-18-31)30-15-9-27(10-16-30)7-8-28-11-23-34(24-12-28)35(36(38,39)40,37(41,42)43)33-21-5-26(2)6-22-33/h3-6,9-24H,7-8H2,1-2H3. The lowest BCUT2D eigenvalue weighted by atomic mass is 9.72. The summed E-state index contributed by atoms with van der Waals surface area (Å²) >= 11 is 0. The molecule has 0 N–H and O–H groups in total. The van der Waals surface area contributed by atoms with Crippen LogP contribution in [0.1, 0.15) is 33.4 Å². The topological polar surface area (TPSA) is 0 Å². The summed E-state index contributed by atoms with van der Waals surface area (Å²) < 4.78 is 86.2. The molecule has 0 saturated carbocycles. The van der Waals surface area contributed by atoms with Crippen molar-refractivity contribution in [3.63, 3.8) is 0 Å². The van der Waals surface area contributed by atoms with Crippen LogP contribution >= 0.6 is 0 Å². The maximum Gasteiger partial charge on any atom is 0.411 e. The second kappa shape index (κ2) is 11.8. The average Bonchev–Trinajstić information content (AvgIpc) is 2.97. The molecule has 0 aliphatic heterocycles. The minimum Gasteiger partial charge on any atom is -0.169 e. The summed E-state index contributed by atoms with van der Waals surface area (Å²) in [6.45, 7) is 3.66. The molecule has 5 aromatic rings. The van der Waals surface area contributed by atoms with E-state index in [0.717, 1.165) is 52.1 Å². The first-order valence-corrected chi connectivity index (χ1v) is 13.9. The van der Waals surface area contributed by atoms with Crippen molar-refractivity contribution in [3.05, 3.63) is 155 Å². The fourth-order valence-electron chi connectivity index (χ4n) is 5.46. The van der Waals surface area contributed by atoms with E-state index in [1.54, 1.807) is 6.92 Å². The third kappa shape index (κ3) is 6.10. The van der Waals surface area contributed by atoms with E-state index in [4.69, 9.17) is 0 Å². The lowest BCUT2D eigenvalue weighted by molar-refractivity contribution is -0.288. The van der Waals surface area contributed by atoms with Gasteiger partial charge in [-0.15, -0.1) is 0 Å². The summed E-state index contributed by atoms with van der Waals surface area (Å²) in [5.74, 6) is 0. The van der Waals surface area contributed by atoms with Crippen LogP contribution in [0.15, 0.2) is 121 Å². The molecule has 0 aliphatic carbocycles. The van der Waals surface area contributed by atoms with Crippen molar-refractivity contribution < 1.29 is 26.3 Å². The quantitative estimate of drug-likeness (QED) is 0.166. The fraction of sp³-hybridized carbons (Fsp3) is 0.189. The molecule has 0 amide bonds. The summed E-state index contributed by atoms with van der Waals surface area (Å²) in [6, 6.07) is 33.7. The molecule has 0 unspecified atom stereocenters. The van der Waals surface area contributed by atoms with E-state index in [1.807, 2.05) is 24.3 Å². The molecule has 0 atom stereocenters. The lowest BCUT2D eigenvalue weighted by Gasteiger charge is -2.38. The second-order valence-electron chi connectivity index (χ2n) is 10.9. The van der Waals surface area contributed by atoms with Gasteiger partial charge in [0.2, 0.25) is 5.41 Å². The van der Waals surface area contributed by atoms with Gasteiger partial charge in [0, 0.05) is 0 Å². The average molecular weight is 589 g/mol. The Morgan fingerprint density at radius 1 is 0.372 bits per heavy atom. The Kier molecular flexibility index (Phi) is 8.24. The van der Waals surface area contributed by atoms with E-state index in [-0.39, 0.29) is 0 Å². The molecule has 0 radical (unpaired) electrons. The van der Waals surface area contributed by atoms with Crippen LogP contribution in [-0.2, 0) is 18.3 Å². The number of alkyl halides is 6. The Hall–Kier alpha value is -4.32.